The Kier molecular flexibility index (Phi) is 7.88. The molecule has 0 bridgehead atoms. The second-order valence-corrected chi connectivity index (χ2v) is 7.72. The zero-order valence-electron chi connectivity index (χ0n) is 17.1. The Morgan fingerprint density at radius 2 is 1.85 bits per heavy atom. The van der Waals surface area contributed by atoms with E-state index in [1.807, 2.05) is 19.1 Å². The minimum atomic E-state index is -0.923. The second-order valence-electron chi connectivity index (χ2n) is 7.72. The van der Waals surface area contributed by atoms with Gasteiger partial charge in [0, 0.05) is 24.5 Å². The molecule has 0 heterocycles. The number of aliphatic carboxylic acids is 1. The molecule has 0 spiro atoms. The third kappa shape index (κ3) is 6.55. The van der Waals surface area contributed by atoms with Crippen LogP contribution in [-0.4, -0.2) is 23.0 Å². The van der Waals surface area contributed by atoms with Crippen molar-refractivity contribution in [3.63, 3.8) is 0 Å². The van der Waals surface area contributed by atoms with Crippen molar-refractivity contribution in [3.05, 3.63) is 71.1 Å². The molecule has 0 aromatic carbocycles. The maximum absolute atomic E-state index is 10.6. The number of rotatable bonds is 7. The Labute approximate surface area is 158 Å². The first-order valence-corrected chi connectivity index (χ1v) is 9.11. The maximum Gasteiger partial charge on any atom is 0.328 e. The average Bonchev–Trinajstić information content (AvgIpc) is 2.51. The summed E-state index contributed by atoms with van der Waals surface area (Å²) in [6.07, 6.45) is 14.7. The van der Waals surface area contributed by atoms with E-state index in [-0.39, 0.29) is 5.41 Å². The second kappa shape index (κ2) is 9.42. The van der Waals surface area contributed by atoms with Crippen molar-refractivity contribution in [2.24, 2.45) is 5.41 Å². The lowest BCUT2D eigenvalue weighted by atomic mass is 9.73. The number of carbonyl (C=O) groups is 1. The summed E-state index contributed by atoms with van der Waals surface area (Å²) in [7, 11) is 2.09. The molecule has 0 aromatic heterocycles. The van der Waals surface area contributed by atoms with Crippen molar-refractivity contribution in [3.8, 4) is 0 Å². The predicted octanol–water partition coefficient (Wildman–Crippen LogP) is 6.01. The van der Waals surface area contributed by atoms with Crippen LogP contribution < -0.4 is 0 Å². The van der Waals surface area contributed by atoms with E-state index < -0.39 is 5.97 Å². The van der Waals surface area contributed by atoms with Crippen LogP contribution in [0.25, 0.3) is 0 Å². The normalized spacial score (nSPS) is 18.7. The highest BCUT2D eigenvalue weighted by molar-refractivity contribution is 5.81. The first-order valence-electron chi connectivity index (χ1n) is 9.11. The van der Waals surface area contributed by atoms with Crippen LogP contribution in [0, 0.1) is 5.41 Å². The molecule has 1 rings (SSSR count). The molecule has 0 unspecified atom stereocenters. The first-order chi connectivity index (χ1) is 12.0. The molecule has 3 heteroatoms. The molecule has 0 fully saturated rings. The van der Waals surface area contributed by atoms with Gasteiger partial charge in [-0.2, -0.15) is 0 Å². The van der Waals surface area contributed by atoms with Crippen LogP contribution in [0.4, 0.5) is 0 Å². The minimum Gasteiger partial charge on any atom is -0.478 e. The van der Waals surface area contributed by atoms with Gasteiger partial charge in [0.25, 0.3) is 0 Å². The Balaban J connectivity index is 3.06. The molecule has 0 amide bonds. The largest absolute Gasteiger partial charge is 0.478 e. The van der Waals surface area contributed by atoms with E-state index >= 15 is 0 Å². The molecule has 1 aliphatic rings. The molecule has 1 N–H and O–H groups in total. The molecule has 142 valence electrons. The highest BCUT2D eigenvalue weighted by Crippen LogP contribution is 2.42. The Hall–Kier alpha value is -2.29. The monoisotopic (exact) mass is 355 g/mol. The van der Waals surface area contributed by atoms with Crippen LogP contribution >= 0.6 is 0 Å². The van der Waals surface area contributed by atoms with Gasteiger partial charge in [0.05, 0.1) is 0 Å². The van der Waals surface area contributed by atoms with E-state index in [0.717, 1.165) is 17.7 Å². The summed E-state index contributed by atoms with van der Waals surface area (Å²) < 4.78 is 0. The van der Waals surface area contributed by atoms with E-state index in [1.54, 1.807) is 13.0 Å². The zero-order valence-corrected chi connectivity index (χ0v) is 17.1. The summed E-state index contributed by atoms with van der Waals surface area (Å²) in [6.45, 7) is 14.6. The van der Waals surface area contributed by atoms with E-state index in [4.69, 9.17) is 5.11 Å². The standard InChI is InChI=1S/C23H33NO2/c1-17(2)24(7)21-12-9-15-23(5,6)20(21)14-13-18(3)10-8-11-19(4)16-22(25)26/h8,10-11,13-14,16H,1,9,12,15H2,2-7H3,(H,25,26)/b11-8+,14-13+,18-10+,19-16+. The number of carboxylic acids is 1. The summed E-state index contributed by atoms with van der Waals surface area (Å²) in [5.41, 5.74) is 5.76. The fourth-order valence-electron chi connectivity index (χ4n) is 3.12. The fourth-order valence-corrected chi connectivity index (χ4v) is 3.12. The van der Waals surface area contributed by atoms with Gasteiger partial charge < -0.3 is 10.0 Å². The molecule has 3 nitrogen and oxygen atoms in total. The number of hydrogen-bond donors (Lipinski definition) is 1. The van der Waals surface area contributed by atoms with E-state index in [9.17, 15) is 4.79 Å². The molecule has 1 aliphatic carbocycles. The van der Waals surface area contributed by atoms with Gasteiger partial charge in [-0.1, -0.05) is 56.4 Å². The summed E-state index contributed by atoms with van der Waals surface area (Å²) in [5, 5.41) is 8.73. The number of hydrogen-bond acceptors (Lipinski definition) is 2. The van der Waals surface area contributed by atoms with Gasteiger partial charge in [-0.05, 0) is 56.6 Å². The molecular weight excluding hydrogens is 322 g/mol. The van der Waals surface area contributed by atoms with Crippen molar-refractivity contribution < 1.29 is 9.90 Å². The van der Waals surface area contributed by atoms with Crippen LogP contribution in [0.15, 0.2) is 71.1 Å². The summed E-state index contributed by atoms with van der Waals surface area (Å²) >= 11 is 0. The average molecular weight is 356 g/mol. The van der Waals surface area contributed by atoms with Crippen LogP contribution in [0.5, 0.6) is 0 Å². The molecule has 0 aliphatic heterocycles. The van der Waals surface area contributed by atoms with E-state index in [0.29, 0.717) is 5.57 Å². The van der Waals surface area contributed by atoms with Crippen LogP contribution in [0.1, 0.15) is 53.9 Å². The van der Waals surface area contributed by atoms with Crippen molar-refractivity contribution in [1.82, 2.24) is 4.90 Å². The molecular formula is C23H33NO2. The van der Waals surface area contributed by atoms with Crippen molar-refractivity contribution in [2.75, 3.05) is 7.05 Å². The predicted molar refractivity (Wildman–Crippen MR) is 111 cm³/mol. The maximum atomic E-state index is 10.6. The Morgan fingerprint density at radius 3 is 2.42 bits per heavy atom. The van der Waals surface area contributed by atoms with Gasteiger partial charge in [-0.25, -0.2) is 4.79 Å². The minimum absolute atomic E-state index is 0.144. The Morgan fingerprint density at radius 1 is 1.19 bits per heavy atom. The number of carboxylic acid groups (broad SMARTS) is 1. The summed E-state index contributed by atoms with van der Waals surface area (Å²) in [5.74, 6) is -0.923. The van der Waals surface area contributed by atoms with Crippen LogP contribution in [0.3, 0.4) is 0 Å². The van der Waals surface area contributed by atoms with Crippen LogP contribution in [0.2, 0.25) is 0 Å². The Bertz CT molecular complexity index is 700. The van der Waals surface area contributed by atoms with Gasteiger partial charge in [0.1, 0.15) is 0 Å². The summed E-state index contributed by atoms with van der Waals surface area (Å²) in [4.78, 5) is 12.8. The van der Waals surface area contributed by atoms with Crippen molar-refractivity contribution in [2.45, 2.75) is 53.9 Å². The van der Waals surface area contributed by atoms with Gasteiger partial charge in [-0.3, -0.25) is 0 Å². The fraction of sp³-hybridized carbons (Fsp3) is 0.435. The molecule has 0 saturated carbocycles. The van der Waals surface area contributed by atoms with Gasteiger partial charge >= 0.3 is 5.97 Å². The van der Waals surface area contributed by atoms with Gasteiger partial charge in [-0.15, -0.1) is 0 Å². The third-order valence-electron chi connectivity index (χ3n) is 4.82. The van der Waals surface area contributed by atoms with Gasteiger partial charge in [0.15, 0.2) is 0 Å². The quantitative estimate of drug-likeness (QED) is 0.449. The topological polar surface area (TPSA) is 40.5 Å². The third-order valence-corrected chi connectivity index (χ3v) is 4.82. The van der Waals surface area contributed by atoms with Crippen molar-refractivity contribution in [1.29, 1.82) is 0 Å². The highest BCUT2D eigenvalue weighted by Gasteiger charge is 2.29. The number of allylic oxidation sites excluding steroid dienone is 10. The lowest BCUT2D eigenvalue weighted by Gasteiger charge is -2.37. The van der Waals surface area contributed by atoms with Crippen LogP contribution in [-0.2, 0) is 4.79 Å². The lowest BCUT2D eigenvalue weighted by molar-refractivity contribution is -0.131. The lowest BCUT2D eigenvalue weighted by Crippen LogP contribution is -2.27. The van der Waals surface area contributed by atoms with E-state index in [2.05, 4.69) is 51.4 Å². The molecule has 0 radical (unpaired) electrons. The van der Waals surface area contributed by atoms with Crippen molar-refractivity contribution >= 4 is 5.97 Å². The summed E-state index contributed by atoms with van der Waals surface area (Å²) in [6, 6.07) is 0. The smallest absolute Gasteiger partial charge is 0.328 e. The van der Waals surface area contributed by atoms with Gasteiger partial charge in [0.2, 0.25) is 0 Å². The number of nitrogens with zero attached hydrogens (tertiary/aromatic N) is 1. The molecule has 0 saturated heterocycles. The van der Waals surface area contributed by atoms with E-state index in [1.165, 1.54) is 30.2 Å². The zero-order chi connectivity index (χ0) is 19.9. The molecule has 0 atom stereocenters. The first kappa shape index (κ1) is 21.8. The molecule has 26 heavy (non-hydrogen) atoms. The highest BCUT2D eigenvalue weighted by atomic mass is 16.4. The SMILES string of the molecule is C=C(C)N(C)C1=C(/C=C/C(C)=C/C=C/C(C)=C/C(=O)O)C(C)(C)CCC1. The molecule has 0 aromatic rings.